The molecule has 2 unspecified atom stereocenters. The third kappa shape index (κ3) is 2.06. The first-order valence-electron chi connectivity index (χ1n) is 4.63. The van der Waals surface area contributed by atoms with Crippen molar-refractivity contribution in [1.82, 2.24) is 9.69 Å². The van der Waals surface area contributed by atoms with Crippen LogP contribution in [0.2, 0.25) is 0 Å². The maximum Gasteiger partial charge on any atom is 0.147 e. The Morgan fingerprint density at radius 1 is 1.69 bits per heavy atom. The number of rotatable bonds is 2. The third-order valence-corrected chi connectivity index (χ3v) is 3.06. The van der Waals surface area contributed by atoms with Gasteiger partial charge in [0.05, 0.1) is 5.69 Å². The topological polar surface area (TPSA) is 24.9 Å². The molecule has 1 aliphatic heterocycles. The van der Waals surface area contributed by atoms with Crippen molar-refractivity contribution in [3.63, 3.8) is 0 Å². The van der Waals surface area contributed by atoms with E-state index < -0.39 is 6.17 Å². The van der Waals surface area contributed by atoms with Gasteiger partial charge in [-0.3, -0.25) is 0 Å². The molecule has 2 atom stereocenters. The average molecular weight is 200 g/mol. The summed E-state index contributed by atoms with van der Waals surface area (Å²) in [7, 11) is 0. The van der Waals surface area contributed by atoms with Gasteiger partial charge in [0.25, 0.3) is 0 Å². The minimum atomic E-state index is -0.876. The van der Waals surface area contributed by atoms with E-state index in [0.29, 0.717) is 5.69 Å². The number of hydrogen-bond acceptors (Lipinski definition) is 3. The second-order valence-corrected chi connectivity index (χ2v) is 4.10. The third-order valence-electron chi connectivity index (χ3n) is 2.49. The van der Waals surface area contributed by atoms with Gasteiger partial charge in [-0.25, -0.2) is 4.39 Å². The Hall–Kier alpha value is -0.480. The zero-order chi connectivity index (χ0) is 9.10. The van der Waals surface area contributed by atoms with Crippen LogP contribution >= 0.6 is 11.5 Å². The standard InChI is InChI=1S/C9H13FN2S/c10-9(8-3-5-13-12-8)7-2-1-4-11-6-7/h3,5,7,9,11H,1-2,4,6H2. The maximum atomic E-state index is 13.8. The normalized spacial score (nSPS) is 25.8. The Morgan fingerprint density at radius 3 is 3.23 bits per heavy atom. The fraction of sp³-hybridized carbons (Fsp3) is 0.667. The summed E-state index contributed by atoms with van der Waals surface area (Å²) in [4.78, 5) is 0. The van der Waals surface area contributed by atoms with Gasteiger partial charge in [0.1, 0.15) is 6.17 Å². The van der Waals surface area contributed by atoms with E-state index in [0.717, 1.165) is 25.9 Å². The summed E-state index contributed by atoms with van der Waals surface area (Å²) in [5, 5.41) is 5.04. The highest BCUT2D eigenvalue weighted by molar-refractivity contribution is 7.03. The zero-order valence-corrected chi connectivity index (χ0v) is 8.19. The van der Waals surface area contributed by atoms with Crippen molar-refractivity contribution in [2.75, 3.05) is 13.1 Å². The fourth-order valence-electron chi connectivity index (χ4n) is 1.73. The molecule has 1 aromatic heterocycles. The van der Waals surface area contributed by atoms with E-state index in [1.54, 1.807) is 6.07 Å². The largest absolute Gasteiger partial charge is 0.316 e. The molecule has 1 N–H and O–H groups in total. The van der Waals surface area contributed by atoms with Crippen molar-refractivity contribution >= 4 is 11.5 Å². The summed E-state index contributed by atoms with van der Waals surface area (Å²) >= 11 is 1.32. The summed E-state index contributed by atoms with van der Waals surface area (Å²) in [5.74, 6) is 0.121. The van der Waals surface area contributed by atoms with Crippen molar-refractivity contribution in [3.8, 4) is 0 Å². The van der Waals surface area contributed by atoms with E-state index in [-0.39, 0.29) is 5.92 Å². The molecule has 0 amide bonds. The summed E-state index contributed by atoms with van der Waals surface area (Å²) in [6.45, 7) is 1.82. The molecular formula is C9H13FN2S. The molecule has 13 heavy (non-hydrogen) atoms. The molecule has 2 nitrogen and oxygen atoms in total. The first-order valence-corrected chi connectivity index (χ1v) is 5.46. The van der Waals surface area contributed by atoms with Crippen molar-refractivity contribution in [2.45, 2.75) is 19.0 Å². The Morgan fingerprint density at radius 2 is 2.62 bits per heavy atom. The molecule has 0 spiro atoms. The Balaban J connectivity index is 1.99. The van der Waals surface area contributed by atoms with Crippen LogP contribution in [0.1, 0.15) is 24.7 Å². The van der Waals surface area contributed by atoms with Crippen LogP contribution in [-0.4, -0.2) is 17.5 Å². The van der Waals surface area contributed by atoms with Crippen LogP contribution in [-0.2, 0) is 0 Å². The van der Waals surface area contributed by atoms with Crippen LogP contribution < -0.4 is 5.32 Å². The highest BCUT2D eigenvalue weighted by atomic mass is 32.1. The number of aromatic nitrogens is 1. The van der Waals surface area contributed by atoms with Crippen LogP contribution in [0.25, 0.3) is 0 Å². The van der Waals surface area contributed by atoms with E-state index in [1.165, 1.54) is 11.5 Å². The monoisotopic (exact) mass is 200 g/mol. The zero-order valence-electron chi connectivity index (χ0n) is 7.37. The van der Waals surface area contributed by atoms with Crippen LogP contribution in [0.4, 0.5) is 4.39 Å². The van der Waals surface area contributed by atoms with Crippen LogP contribution in [0.15, 0.2) is 11.4 Å². The lowest BCUT2D eigenvalue weighted by Gasteiger charge is -2.24. The molecule has 4 heteroatoms. The Bertz CT molecular complexity index is 244. The lowest BCUT2D eigenvalue weighted by Crippen LogP contribution is -2.32. The van der Waals surface area contributed by atoms with Crippen molar-refractivity contribution in [2.24, 2.45) is 5.92 Å². The predicted molar refractivity (Wildman–Crippen MR) is 51.6 cm³/mol. The van der Waals surface area contributed by atoms with Crippen LogP contribution in [0.3, 0.4) is 0 Å². The average Bonchev–Trinajstić information content (AvgIpc) is 2.71. The van der Waals surface area contributed by atoms with Gasteiger partial charge in [-0.1, -0.05) is 0 Å². The van der Waals surface area contributed by atoms with Gasteiger partial charge >= 0.3 is 0 Å². The van der Waals surface area contributed by atoms with Crippen molar-refractivity contribution in [3.05, 3.63) is 17.1 Å². The number of alkyl halides is 1. The van der Waals surface area contributed by atoms with E-state index >= 15 is 0 Å². The second-order valence-electron chi connectivity index (χ2n) is 3.43. The second kappa shape index (κ2) is 4.15. The molecule has 0 aliphatic carbocycles. The van der Waals surface area contributed by atoms with Gasteiger partial charge in [0, 0.05) is 17.8 Å². The minimum absolute atomic E-state index is 0.121. The van der Waals surface area contributed by atoms with Gasteiger partial charge in [-0.2, -0.15) is 4.37 Å². The molecule has 0 aromatic carbocycles. The highest BCUT2D eigenvalue weighted by Gasteiger charge is 2.25. The van der Waals surface area contributed by atoms with E-state index in [2.05, 4.69) is 9.69 Å². The molecule has 1 saturated heterocycles. The summed E-state index contributed by atoms with van der Waals surface area (Å²) in [6.07, 6.45) is 1.18. The van der Waals surface area contributed by atoms with Gasteiger partial charge < -0.3 is 5.32 Å². The Kier molecular flexibility index (Phi) is 2.90. The number of halogens is 1. The smallest absolute Gasteiger partial charge is 0.147 e. The molecule has 72 valence electrons. The number of piperidine rings is 1. The Labute approximate surface area is 81.3 Å². The summed E-state index contributed by atoms with van der Waals surface area (Å²) in [5.41, 5.74) is 0.610. The number of hydrogen-bond donors (Lipinski definition) is 1. The van der Waals surface area contributed by atoms with Crippen molar-refractivity contribution < 1.29 is 4.39 Å². The van der Waals surface area contributed by atoms with Crippen LogP contribution in [0, 0.1) is 5.92 Å². The van der Waals surface area contributed by atoms with Crippen molar-refractivity contribution in [1.29, 1.82) is 0 Å². The van der Waals surface area contributed by atoms with Gasteiger partial charge in [-0.05, 0) is 37.0 Å². The lowest BCUT2D eigenvalue weighted by molar-refractivity contribution is 0.191. The first-order chi connectivity index (χ1) is 6.38. The SMILES string of the molecule is FC(c1ccsn1)C1CCCNC1. The van der Waals surface area contributed by atoms with Crippen LogP contribution in [0.5, 0.6) is 0 Å². The van der Waals surface area contributed by atoms with E-state index in [1.807, 2.05) is 5.38 Å². The molecule has 1 aliphatic rings. The lowest BCUT2D eigenvalue weighted by atomic mass is 9.93. The molecule has 1 fully saturated rings. The van der Waals surface area contributed by atoms with E-state index in [4.69, 9.17) is 0 Å². The minimum Gasteiger partial charge on any atom is -0.316 e. The molecule has 0 bridgehead atoms. The quantitative estimate of drug-likeness (QED) is 0.791. The van der Waals surface area contributed by atoms with Gasteiger partial charge in [-0.15, -0.1) is 0 Å². The van der Waals surface area contributed by atoms with E-state index in [9.17, 15) is 4.39 Å². The molecule has 2 heterocycles. The van der Waals surface area contributed by atoms with Gasteiger partial charge in [0.15, 0.2) is 0 Å². The molecule has 2 rings (SSSR count). The molecule has 1 aromatic rings. The molecule has 0 saturated carbocycles. The number of nitrogens with one attached hydrogen (secondary N) is 1. The highest BCUT2D eigenvalue weighted by Crippen LogP contribution is 2.29. The summed E-state index contributed by atoms with van der Waals surface area (Å²) < 4.78 is 17.8. The predicted octanol–water partition coefficient (Wildman–Crippen LogP) is 2.15. The first kappa shape index (κ1) is 9.09. The maximum absolute atomic E-state index is 13.8. The summed E-state index contributed by atoms with van der Waals surface area (Å²) in [6, 6.07) is 1.78. The van der Waals surface area contributed by atoms with Gasteiger partial charge in [0.2, 0.25) is 0 Å². The molecular weight excluding hydrogens is 187 g/mol. The molecule has 0 radical (unpaired) electrons. The number of nitrogens with zero attached hydrogens (tertiary/aromatic N) is 1. The fourth-order valence-corrected chi connectivity index (χ4v) is 2.28.